The van der Waals surface area contributed by atoms with Crippen molar-refractivity contribution in [1.29, 1.82) is 0 Å². The highest BCUT2D eigenvalue weighted by molar-refractivity contribution is 5.17. The summed E-state index contributed by atoms with van der Waals surface area (Å²) >= 11 is 0. The second-order valence-electron chi connectivity index (χ2n) is 6.20. The summed E-state index contributed by atoms with van der Waals surface area (Å²) in [4.78, 5) is 2.47. The van der Waals surface area contributed by atoms with Crippen molar-refractivity contribution in [3.63, 3.8) is 0 Å². The van der Waals surface area contributed by atoms with Crippen LogP contribution in [0.15, 0.2) is 6.20 Å². The summed E-state index contributed by atoms with van der Waals surface area (Å²) in [6.07, 6.45) is 9.41. The van der Waals surface area contributed by atoms with Crippen LogP contribution in [0, 0.1) is 0 Å². The lowest BCUT2D eigenvalue weighted by atomic mass is 9.93. The predicted octanol–water partition coefficient (Wildman–Crippen LogP) is 2.50. The molecule has 1 aliphatic rings. The van der Waals surface area contributed by atoms with Gasteiger partial charge < -0.3 is 5.11 Å². The van der Waals surface area contributed by atoms with Crippen LogP contribution >= 0.6 is 0 Å². The number of hydrogen-bond donors (Lipinski definition) is 1. The van der Waals surface area contributed by atoms with Gasteiger partial charge in [0.2, 0.25) is 0 Å². The third-order valence-electron chi connectivity index (χ3n) is 4.29. The Morgan fingerprint density at radius 2 is 2.10 bits per heavy atom. The van der Waals surface area contributed by atoms with E-state index in [0.29, 0.717) is 6.04 Å². The minimum absolute atomic E-state index is 0.265. The fourth-order valence-corrected chi connectivity index (χ4v) is 3.36. The van der Waals surface area contributed by atoms with Crippen LogP contribution in [0.3, 0.4) is 0 Å². The van der Waals surface area contributed by atoms with Crippen molar-refractivity contribution in [3.05, 3.63) is 17.5 Å². The van der Waals surface area contributed by atoms with Crippen LogP contribution in [0.4, 0.5) is 0 Å². The molecule has 1 atom stereocenters. The van der Waals surface area contributed by atoms with Gasteiger partial charge in [-0.2, -0.15) is 5.10 Å². The zero-order valence-corrected chi connectivity index (χ0v) is 13.2. The van der Waals surface area contributed by atoms with Gasteiger partial charge in [-0.3, -0.25) is 9.58 Å². The van der Waals surface area contributed by atoms with E-state index in [0.717, 1.165) is 19.5 Å². The molecule has 1 aromatic rings. The predicted molar refractivity (Wildman–Crippen MR) is 81.5 cm³/mol. The first-order valence-corrected chi connectivity index (χ1v) is 8.03. The molecule has 4 nitrogen and oxygen atoms in total. The molecular weight excluding hydrogens is 250 g/mol. The molecule has 1 unspecified atom stereocenters. The van der Waals surface area contributed by atoms with Crippen LogP contribution in [0.25, 0.3) is 0 Å². The monoisotopic (exact) mass is 279 g/mol. The number of nitrogens with zero attached hydrogens (tertiary/aromatic N) is 3. The summed E-state index contributed by atoms with van der Waals surface area (Å²) in [6, 6.07) is 0.628. The fourth-order valence-electron chi connectivity index (χ4n) is 3.36. The van der Waals surface area contributed by atoms with Crippen molar-refractivity contribution in [2.24, 2.45) is 7.05 Å². The molecule has 0 bridgehead atoms. The summed E-state index contributed by atoms with van der Waals surface area (Å²) in [5.74, 6) is 0. The molecule has 0 radical (unpaired) electrons. The van der Waals surface area contributed by atoms with Crippen LogP contribution in [-0.4, -0.2) is 38.5 Å². The van der Waals surface area contributed by atoms with Crippen molar-refractivity contribution < 1.29 is 5.11 Å². The zero-order valence-electron chi connectivity index (χ0n) is 13.2. The topological polar surface area (TPSA) is 41.3 Å². The van der Waals surface area contributed by atoms with E-state index in [2.05, 4.69) is 23.1 Å². The van der Waals surface area contributed by atoms with Gasteiger partial charge in [0.15, 0.2) is 0 Å². The van der Waals surface area contributed by atoms with Crippen molar-refractivity contribution in [2.45, 2.75) is 71.1 Å². The van der Waals surface area contributed by atoms with Gasteiger partial charge in [-0.05, 0) is 26.2 Å². The van der Waals surface area contributed by atoms with E-state index >= 15 is 0 Å². The molecule has 1 fully saturated rings. The molecule has 114 valence electrons. The van der Waals surface area contributed by atoms with Crippen molar-refractivity contribution in [3.8, 4) is 0 Å². The maximum atomic E-state index is 9.80. The number of aliphatic hydroxyl groups excluding tert-OH is 1. The Hall–Kier alpha value is -0.870. The summed E-state index contributed by atoms with van der Waals surface area (Å²) in [5, 5.41) is 14.3. The highest BCUT2D eigenvalue weighted by atomic mass is 16.3. The van der Waals surface area contributed by atoms with Crippen LogP contribution in [0.1, 0.15) is 57.2 Å². The molecule has 0 spiro atoms. The fraction of sp³-hybridized carbons (Fsp3) is 0.812. The lowest BCUT2D eigenvalue weighted by Gasteiger charge is -2.35. The molecule has 20 heavy (non-hydrogen) atoms. The Labute approximate surface area is 122 Å². The van der Waals surface area contributed by atoms with Crippen molar-refractivity contribution >= 4 is 0 Å². The first-order chi connectivity index (χ1) is 9.60. The van der Waals surface area contributed by atoms with Crippen LogP contribution in [0.5, 0.6) is 0 Å². The van der Waals surface area contributed by atoms with Gasteiger partial charge in [-0.15, -0.1) is 0 Å². The highest BCUT2D eigenvalue weighted by Gasteiger charge is 2.23. The van der Waals surface area contributed by atoms with Gasteiger partial charge in [-0.25, -0.2) is 0 Å². The van der Waals surface area contributed by atoms with Gasteiger partial charge in [0.05, 0.1) is 11.8 Å². The molecule has 1 heterocycles. The summed E-state index contributed by atoms with van der Waals surface area (Å²) in [6.45, 7) is 5.74. The molecule has 1 aliphatic carbocycles. The lowest BCUT2D eigenvalue weighted by Crippen LogP contribution is -2.40. The second kappa shape index (κ2) is 7.23. The third-order valence-corrected chi connectivity index (χ3v) is 4.29. The summed E-state index contributed by atoms with van der Waals surface area (Å²) in [7, 11) is 1.99. The molecular formula is C16H29N3O. The van der Waals surface area contributed by atoms with E-state index in [9.17, 15) is 5.11 Å². The minimum Gasteiger partial charge on any atom is -0.392 e. The molecule has 2 rings (SSSR count). The molecule has 0 saturated heterocycles. The lowest BCUT2D eigenvalue weighted by molar-refractivity contribution is 0.0767. The number of aryl methyl sites for hydroxylation is 2. The van der Waals surface area contributed by atoms with Gasteiger partial charge in [0, 0.05) is 37.9 Å². The average Bonchev–Trinajstić information content (AvgIpc) is 2.78. The second-order valence-corrected chi connectivity index (χ2v) is 6.20. The normalized spacial score (nSPS) is 18.6. The Balaban J connectivity index is 2.09. The first-order valence-electron chi connectivity index (χ1n) is 8.03. The van der Waals surface area contributed by atoms with Gasteiger partial charge >= 0.3 is 0 Å². The molecule has 1 saturated carbocycles. The average molecular weight is 279 g/mol. The number of aliphatic hydroxyl groups is 1. The smallest absolute Gasteiger partial charge is 0.0666 e. The molecule has 1 N–H and O–H groups in total. The first kappa shape index (κ1) is 15.5. The van der Waals surface area contributed by atoms with E-state index in [1.807, 2.05) is 18.7 Å². The molecule has 0 aliphatic heterocycles. The van der Waals surface area contributed by atoms with E-state index in [1.165, 1.54) is 43.4 Å². The number of rotatable bonds is 6. The molecule has 4 heteroatoms. The zero-order chi connectivity index (χ0) is 14.5. The van der Waals surface area contributed by atoms with Crippen LogP contribution in [0.2, 0.25) is 0 Å². The van der Waals surface area contributed by atoms with E-state index in [4.69, 9.17) is 0 Å². The standard InChI is InChI=1S/C16H29N3O/c1-4-16-14(11-18(3)17-16)12-19(10-13(2)20)15-8-6-5-7-9-15/h11,13,15,20H,4-10,12H2,1-3H3. The van der Waals surface area contributed by atoms with Crippen LogP contribution in [-0.2, 0) is 20.0 Å². The highest BCUT2D eigenvalue weighted by Crippen LogP contribution is 2.25. The van der Waals surface area contributed by atoms with Gasteiger partial charge in [-0.1, -0.05) is 26.2 Å². The Morgan fingerprint density at radius 3 is 2.70 bits per heavy atom. The van der Waals surface area contributed by atoms with Crippen molar-refractivity contribution in [2.75, 3.05) is 6.54 Å². The summed E-state index contributed by atoms with van der Waals surface area (Å²) < 4.78 is 1.91. The maximum absolute atomic E-state index is 9.80. The SMILES string of the molecule is CCc1nn(C)cc1CN(CC(C)O)C1CCCCC1. The minimum atomic E-state index is -0.265. The van der Waals surface area contributed by atoms with Gasteiger partial charge in [0.25, 0.3) is 0 Å². The van der Waals surface area contributed by atoms with Gasteiger partial charge in [0.1, 0.15) is 0 Å². The Bertz CT molecular complexity index is 408. The van der Waals surface area contributed by atoms with E-state index in [1.54, 1.807) is 0 Å². The van der Waals surface area contributed by atoms with Crippen molar-refractivity contribution in [1.82, 2.24) is 14.7 Å². The van der Waals surface area contributed by atoms with Crippen LogP contribution < -0.4 is 0 Å². The largest absolute Gasteiger partial charge is 0.392 e. The Kier molecular flexibility index (Phi) is 5.61. The number of aromatic nitrogens is 2. The number of hydrogen-bond acceptors (Lipinski definition) is 3. The third kappa shape index (κ3) is 4.06. The molecule has 0 amide bonds. The van der Waals surface area contributed by atoms with E-state index in [-0.39, 0.29) is 6.10 Å². The summed E-state index contributed by atoms with van der Waals surface area (Å²) in [5.41, 5.74) is 2.51. The molecule has 0 aromatic carbocycles. The van der Waals surface area contributed by atoms with E-state index < -0.39 is 0 Å². The quantitative estimate of drug-likeness (QED) is 0.870. The molecule has 1 aromatic heterocycles. The Morgan fingerprint density at radius 1 is 1.40 bits per heavy atom. The maximum Gasteiger partial charge on any atom is 0.0666 e.